The second kappa shape index (κ2) is 9.55. The molecule has 0 aliphatic rings. The van der Waals surface area contributed by atoms with Crippen LogP contribution in [0.5, 0.6) is 0 Å². The predicted octanol–water partition coefficient (Wildman–Crippen LogP) is 5.67. The number of nitrogens with one attached hydrogen (secondary N) is 1. The number of hydrogen-bond acceptors (Lipinski definition) is 5. The van der Waals surface area contributed by atoms with Gasteiger partial charge in [-0.15, -0.1) is 11.3 Å². The topological polar surface area (TPSA) is 77.1 Å². The fourth-order valence-electron chi connectivity index (χ4n) is 3.32. The van der Waals surface area contributed by atoms with Crippen LogP contribution in [-0.2, 0) is 19.1 Å². The number of amides is 1. The van der Waals surface area contributed by atoms with Gasteiger partial charge in [0.05, 0.1) is 16.3 Å². The third kappa shape index (κ3) is 4.91. The molecule has 0 saturated carbocycles. The summed E-state index contributed by atoms with van der Waals surface area (Å²) in [6.07, 6.45) is -3.43. The van der Waals surface area contributed by atoms with E-state index in [0.717, 1.165) is 17.4 Å². The Balaban J connectivity index is 1.53. The number of carbonyl (C=O) groups is 1. The molecule has 7 nitrogen and oxygen atoms in total. The molecule has 0 aliphatic carbocycles. The summed E-state index contributed by atoms with van der Waals surface area (Å²) in [6.45, 7) is 4.33. The van der Waals surface area contributed by atoms with E-state index in [1.165, 1.54) is 22.1 Å². The van der Waals surface area contributed by atoms with Gasteiger partial charge < -0.3 is 5.32 Å². The Bertz CT molecular complexity index is 1360. The van der Waals surface area contributed by atoms with Gasteiger partial charge in [-0.3, -0.25) is 9.48 Å². The SMILES string of the molecule is CCc1ccc(-c2cc(C(F)(F)F)n3nc(C(=O)NCCCn4nc(C)c(Cl)c4Cl)cc3n2)s1. The Morgan fingerprint density at radius 2 is 1.97 bits per heavy atom. The molecule has 0 unspecified atom stereocenters. The molecule has 1 N–H and O–H groups in total. The zero-order valence-corrected chi connectivity index (χ0v) is 20.4. The molecule has 34 heavy (non-hydrogen) atoms. The first-order chi connectivity index (χ1) is 16.1. The summed E-state index contributed by atoms with van der Waals surface area (Å²) in [7, 11) is 0. The number of carbonyl (C=O) groups excluding carboxylic acids is 1. The van der Waals surface area contributed by atoms with Crippen LogP contribution < -0.4 is 5.32 Å². The van der Waals surface area contributed by atoms with Crippen molar-refractivity contribution in [3.05, 3.63) is 56.4 Å². The van der Waals surface area contributed by atoms with Gasteiger partial charge in [-0.1, -0.05) is 30.1 Å². The Labute approximate surface area is 206 Å². The number of aryl methyl sites for hydroxylation is 3. The summed E-state index contributed by atoms with van der Waals surface area (Å²) in [5, 5.41) is 11.4. The molecular formula is C21H19Cl2F3N6OS. The maximum atomic E-state index is 13.8. The maximum absolute atomic E-state index is 13.8. The Morgan fingerprint density at radius 3 is 2.59 bits per heavy atom. The van der Waals surface area contributed by atoms with E-state index >= 15 is 0 Å². The fourth-order valence-corrected chi connectivity index (χ4v) is 4.62. The Hall–Kier alpha value is -2.63. The minimum Gasteiger partial charge on any atom is -0.351 e. The van der Waals surface area contributed by atoms with Gasteiger partial charge in [0, 0.05) is 24.0 Å². The first-order valence-corrected chi connectivity index (χ1v) is 11.9. The van der Waals surface area contributed by atoms with E-state index in [0.29, 0.717) is 38.2 Å². The van der Waals surface area contributed by atoms with Gasteiger partial charge in [0.25, 0.3) is 5.91 Å². The first kappa shape index (κ1) is 24.5. The van der Waals surface area contributed by atoms with Crippen molar-refractivity contribution in [3.8, 4) is 10.6 Å². The summed E-state index contributed by atoms with van der Waals surface area (Å²) < 4.78 is 43.4. The molecule has 180 valence electrons. The van der Waals surface area contributed by atoms with Crippen LogP contribution in [0, 0.1) is 6.92 Å². The highest BCUT2D eigenvalue weighted by atomic mass is 35.5. The average molecular weight is 531 g/mol. The summed E-state index contributed by atoms with van der Waals surface area (Å²) in [4.78, 5) is 18.5. The normalized spacial score (nSPS) is 12.0. The minimum atomic E-state index is -4.68. The number of alkyl halides is 3. The molecular weight excluding hydrogens is 512 g/mol. The summed E-state index contributed by atoms with van der Waals surface area (Å²) in [6, 6.07) is 5.80. The number of aromatic nitrogens is 5. The third-order valence-electron chi connectivity index (χ3n) is 5.04. The van der Waals surface area contributed by atoms with E-state index in [-0.39, 0.29) is 23.6 Å². The third-order valence-corrected chi connectivity index (χ3v) is 7.23. The summed E-state index contributed by atoms with van der Waals surface area (Å²) >= 11 is 13.5. The molecule has 1 amide bonds. The van der Waals surface area contributed by atoms with Crippen LogP contribution in [0.25, 0.3) is 16.2 Å². The van der Waals surface area contributed by atoms with Gasteiger partial charge in [-0.05, 0) is 38.0 Å². The molecule has 4 aromatic heterocycles. The maximum Gasteiger partial charge on any atom is 0.433 e. The van der Waals surface area contributed by atoms with Crippen molar-refractivity contribution in [1.82, 2.24) is 29.7 Å². The van der Waals surface area contributed by atoms with E-state index < -0.39 is 17.8 Å². The smallest absolute Gasteiger partial charge is 0.351 e. The molecule has 0 aromatic carbocycles. The molecule has 0 atom stereocenters. The molecule has 0 radical (unpaired) electrons. The highest BCUT2D eigenvalue weighted by Crippen LogP contribution is 2.34. The van der Waals surface area contributed by atoms with E-state index in [1.807, 2.05) is 13.0 Å². The van der Waals surface area contributed by atoms with Gasteiger partial charge >= 0.3 is 6.18 Å². The van der Waals surface area contributed by atoms with E-state index in [4.69, 9.17) is 23.2 Å². The van der Waals surface area contributed by atoms with Crippen molar-refractivity contribution in [2.45, 2.75) is 39.4 Å². The molecule has 4 aromatic rings. The van der Waals surface area contributed by atoms with Crippen molar-refractivity contribution in [1.29, 1.82) is 0 Å². The summed E-state index contributed by atoms with van der Waals surface area (Å²) in [5.41, 5.74) is -0.442. The average Bonchev–Trinajstić information content (AvgIpc) is 3.50. The highest BCUT2D eigenvalue weighted by Gasteiger charge is 2.35. The van der Waals surface area contributed by atoms with Crippen LogP contribution in [0.2, 0.25) is 10.2 Å². The second-order valence-corrected chi connectivity index (χ2v) is 9.37. The van der Waals surface area contributed by atoms with Gasteiger partial charge in [0.15, 0.2) is 17.0 Å². The standard InChI is InChI=1S/C21H19Cl2F3N6OS/c1-3-12-5-6-15(34-12)13-9-16(21(24,25)26)32-17(28-13)10-14(30-32)20(33)27-7-4-8-31-19(23)18(22)11(2)29-31/h5-6,9-10H,3-4,7-8H2,1-2H3,(H,27,33). The number of hydrogen-bond donors (Lipinski definition) is 1. The summed E-state index contributed by atoms with van der Waals surface area (Å²) in [5.74, 6) is -0.606. The van der Waals surface area contributed by atoms with Crippen LogP contribution in [0.4, 0.5) is 13.2 Å². The van der Waals surface area contributed by atoms with Crippen LogP contribution in [0.15, 0.2) is 24.3 Å². The molecule has 13 heteroatoms. The molecule has 4 rings (SSSR count). The van der Waals surface area contributed by atoms with Crippen LogP contribution in [0.1, 0.15) is 40.1 Å². The molecule has 0 fully saturated rings. The monoisotopic (exact) mass is 530 g/mol. The number of nitrogens with zero attached hydrogens (tertiary/aromatic N) is 5. The quantitative estimate of drug-likeness (QED) is 0.312. The van der Waals surface area contributed by atoms with Crippen LogP contribution in [0.3, 0.4) is 0 Å². The number of halogens is 5. The van der Waals surface area contributed by atoms with E-state index in [9.17, 15) is 18.0 Å². The first-order valence-electron chi connectivity index (χ1n) is 10.3. The minimum absolute atomic E-state index is 0.0603. The van der Waals surface area contributed by atoms with E-state index in [2.05, 4.69) is 20.5 Å². The number of fused-ring (bicyclic) bond motifs is 1. The number of thiophene rings is 1. The molecule has 0 aliphatic heterocycles. The lowest BCUT2D eigenvalue weighted by atomic mass is 10.2. The van der Waals surface area contributed by atoms with E-state index in [1.54, 1.807) is 13.0 Å². The number of rotatable bonds is 7. The largest absolute Gasteiger partial charge is 0.433 e. The van der Waals surface area contributed by atoms with Crippen LogP contribution in [-0.4, -0.2) is 36.8 Å². The fraction of sp³-hybridized carbons (Fsp3) is 0.333. The van der Waals surface area contributed by atoms with Gasteiger partial charge in [-0.25, -0.2) is 9.50 Å². The van der Waals surface area contributed by atoms with Gasteiger partial charge in [0.2, 0.25) is 0 Å². The van der Waals surface area contributed by atoms with Crippen LogP contribution >= 0.6 is 34.5 Å². The Kier molecular flexibility index (Phi) is 6.88. The lowest BCUT2D eigenvalue weighted by Gasteiger charge is -2.10. The molecule has 4 heterocycles. The van der Waals surface area contributed by atoms with Crippen molar-refractivity contribution in [2.75, 3.05) is 6.54 Å². The van der Waals surface area contributed by atoms with Gasteiger partial charge in [-0.2, -0.15) is 23.4 Å². The predicted molar refractivity (Wildman–Crippen MR) is 125 cm³/mol. The lowest BCUT2D eigenvalue weighted by Crippen LogP contribution is -2.26. The van der Waals surface area contributed by atoms with Crippen molar-refractivity contribution in [2.24, 2.45) is 0 Å². The highest BCUT2D eigenvalue weighted by molar-refractivity contribution is 7.15. The Morgan fingerprint density at radius 1 is 1.21 bits per heavy atom. The van der Waals surface area contributed by atoms with Crippen molar-refractivity contribution < 1.29 is 18.0 Å². The zero-order chi connectivity index (χ0) is 24.6. The molecule has 0 bridgehead atoms. The van der Waals surface area contributed by atoms with Gasteiger partial charge in [0.1, 0.15) is 10.2 Å². The molecule has 0 spiro atoms. The molecule has 0 saturated heterocycles. The van der Waals surface area contributed by atoms with Crippen molar-refractivity contribution >= 4 is 46.1 Å². The lowest BCUT2D eigenvalue weighted by molar-refractivity contribution is -0.142. The second-order valence-electron chi connectivity index (χ2n) is 7.47. The van der Waals surface area contributed by atoms with Crippen molar-refractivity contribution in [3.63, 3.8) is 0 Å². The zero-order valence-electron chi connectivity index (χ0n) is 18.1.